The van der Waals surface area contributed by atoms with E-state index in [2.05, 4.69) is 22.5 Å². The molecule has 2 amide bonds. The molecule has 1 saturated heterocycles. The maximum absolute atomic E-state index is 11.6. The molecule has 5 heteroatoms. The number of morpholine rings is 1. The molecule has 1 atom stereocenters. The van der Waals surface area contributed by atoms with Gasteiger partial charge in [0.1, 0.15) is 0 Å². The SMILES string of the molecule is CCCNC(=O)Nc1ccc(N2CCOC(C)C2)cc1. The number of nitrogens with zero attached hydrogens (tertiary/aromatic N) is 1. The lowest BCUT2D eigenvalue weighted by Crippen LogP contribution is -2.41. The Kier molecular flexibility index (Phi) is 5.24. The average molecular weight is 277 g/mol. The second kappa shape index (κ2) is 7.14. The van der Waals surface area contributed by atoms with Gasteiger partial charge in [-0.3, -0.25) is 0 Å². The van der Waals surface area contributed by atoms with Gasteiger partial charge >= 0.3 is 6.03 Å². The minimum atomic E-state index is -0.153. The van der Waals surface area contributed by atoms with Gasteiger partial charge in [-0.25, -0.2) is 4.79 Å². The molecule has 0 radical (unpaired) electrons. The lowest BCUT2D eigenvalue weighted by atomic mass is 10.2. The van der Waals surface area contributed by atoms with Gasteiger partial charge in [0, 0.05) is 31.0 Å². The molecule has 20 heavy (non-hydrogen) atoms. The third-order valence-electron chi connectivity index (χ3n) is 3.27. The molecular weight excluding hydrogens is 254 g/mol. The van der Waals surface area contributed by atoms with Crippen molar-refractivity contribution in [3.8, 4) is 0 Å². The summed E-state index contributed by atoms with van der Waals surface area (Å²) in [5, 5.41) is 5.61. The summed E-state index contributed by atoms with van der Waals surface area (Å²) in [6, 6.07) is 7.78. The van der Waals surface area contributed by atoms with Crippen LogP contribution in [0.5, 0.6) is 0 Å². The summed E-state index contributed by atoms with van der Waals surface area (Å²) in [7, 11) is 0. The Morgan fingerprint density at radius 1 is 1.40 bits per heavy atom. The van der Waals surface area contributed by atoms with Gasteiger partial charge in [-0.2, -0.15) is 0 Å². The van der Waals surface area contributed by atoms with Crippen LogP contribution in [0.1, 0.15) is 20.3 Å². The largest absolute Gasteiger partial charge is 0.375 e. The summed E-state index contributed by atoms with van der Waals surface area (Å²) in [6.07, 6.45) is 1.20. The van der Waals surface area contributed by atoms with Crippen LogP contribution in [0.4, 0.5) is 16.2 Å². The molecule has 1 heterocycles. The number of anilines is 2. The summed E-state index contributed by atoms with van der Waals surface area (Å²) < 4.78 is 5.54. The maximum Gasteiger partial charge on any atom is 0.319 e. The summed E-state index contributed by atoms with van der Waals surface area (Å²) in [4.78, 5) is 13.9. The van der Waals surface area contributed by atoms with Crippen LogP contribution in [0.2, 0.25) is 0 Å². The van der Waals surface area contributed by atoms with Gasteiger partial charge in [-0.05, 0) is 37.6 Å². The Hall–Kier alpha value is -1.75. The normalized spacial score (nSPS) is 18.7. The van der Waals surface area contributed by atoms with Crippen LogP contribution < -0.4 is 15.5 Å². The summed E-state index contributed by atoms with van der Waals surface area (Å²) in [5.74, 6) is 0. The molecule has 0 aromatic heterocycles. The minimum Gasteiger partial charge on any atom is -0.375 e. The average Bonchev–Trinajstić information content (AvgIpc) is 2.46. The Balaban J connectivity index is 1.90. The zero-order chi connectivity index (χ0) is 14.4. The molecular formula is C15H23N3O2. The second-order valence-electron chi connectivity index (χ2n) is 5.06. The van der Waals surface area contributed by atoms with Crippen molar-refractivity contribution in [2.24, 2.45) is 0 Å². The zero-order valence-electron chi connectivity index (χ0n) is 12.2. The van der Waals surface area contributed by atoms with Crippen molar-refractivity contribution in [1.29, 1.82) is 0 Å². The van der Waals surface area contributed by atoms with Gasteiger partial charge < -0.3 is 20.3 Å². The zero-order valence-corrected chi connectivity index (χ0v) is 12.2. The van der Waals surface area contributed by atoms with Crippen LogP contribution in [0.3, 0.4) is 0 Å². The molecule has 0 saturated carbocycles. The van der Waals surface area contributed by atoms with Crippen molar-refractivity contribution in [1.82, 2.24) is 5.32 Å². The maximum atomic E-state index is 11.6. The smallest absolute Gasteiger partial charge is 0.319 e. The number of urea groups is 1. The van der Waals surface area contributed by atoms with Crippen molar-refractivity contribution >= 4 is 17.4 Å². The van der Waals surface area contributed by atoms with Gasteiger partial charge in [-0.15, -0.1) is 0 Å². The number of amides is 2. The van der Waals surface area contributed by atoms with Crippen LogP contribution in [0.25, 0.3) is 0 Å². The number of hydrogen-bond donors (Lipinski definition) is 2. The van der Waals surface area contributed by atoms with E-state index >= 15 is 0 Å². The molecule has 0 aliphatic carbocycles. The molecule has 1 fully saturated rings. The molecule has 1 aliphatic heterocycles. The highest BCUT2D eigenvalue weighted by Gasteiger charge is 2.16. The highest BCUT2D eigenvalue weighted by atomic mass is 16.5. The summed E-state index contributed by atoms with van der Waals surface area (Å²) in [5.41, 5.74) is 1.98. The number of carbonyl (C=O) groups is 1. The van der Waals surface area contributed by atoms with E-state index < -0.39 is 0 Å². The third-order valence-corrected chi connectivity index (χ3v) is 3.27. The van der Waals surface area contributed by atoms with Gasteiger partial charge in [0.2, 0.25) is 0 Å². The molecule has 0 spiro atoms. The predicted molar refractivity (Wildman–Crippen MR) is 81.4 cm³/mol. The van der Waals surface area contributed by atoms with Crippen molar-refractivity contribution < 1.29 is 9.53 Å². The first-order valence-corrected chi connectivity index (χ1v) is 7.20. The standard InChI is InChI=1S/C15H23N3O2/c1-3-8-16-15(19)17-13-4-6-14(7-5-13)18-9-10-20-12(2)11-18/h4-7,12H,3,8-11H2,1-2H3,(H2,16,17,19). The first-order chi connectivity index (χ1) is 9.69. The summed E-state index contributed by atoms with van der Waals surface area (Å²) >= 11 is 0. The van der Waals surface area contributed by atoms with E-state index in [1.54, 1.807) is 0 Å². The highest BCUT2D eigenvalue weighted by molar-refractivity contribution is 5.89. The van der Waals surface area contributed by atoms with Crippen molar-refractivity contribution in [2.45, 2.75) is 26.4 Å². The Labute approximate surface area is 120 Å². The number of benzene rings is 1. The van der Waals surface area contributed by atoms with Gasteiger partial charge in [0.15, 0.2) is 0 Å². The van der Waals surface area contributed by atoms with Crippen LogP contribution >= 0.6 is 0 Å². The molecule has 1 aromatic carbocycles. The van der Waals surface area contributed by atoms with E-state index in [4.69, 9.17) is 4.74 Å². The van der Waals surface area contributed by atoms with Crippen molar-refractivity contribution in [2.75, 3.05) is 36.5 Å². The van der Waals surface area contributed by atoms with Crippen LogP contribution in [0.15, 0.2) is 24.3 Å². The third kappa shape index (κ3) is 4.13. The predicted octanol–water partition coefficient (Wildman–Crippen LogP) is 2.44. The Morgan fingerprint density at radius 2 is 2.15 bits per heavy atom. The van der Waals surface area contributed by atoms with Crippen LogP contribution in [-0.4, -0.2) is 38.4 Å². The number of rotatable bonds is 4. The molecule has 2 rings (SSSR count). The van der Waals surface area contributed by atoms with Gasteiger partial charge in [0.25, 0.3) is 0 Å². The number of carbonyl (C=O) groups excluding carboxylic acids is 1. The Bertz CT molecular complexity index is 433. The quantitative estimate of drug-likeness (QED) is 0.889. The number of nitrogens with one attached hydrogen (secondary N) is 2. The fourth-order valence-electron chi connectivity index (χ4n) is 2.22. The van der Waals surface area contributed by atoms with Gasteiger partial charge in [0.05, 0.1) is 12.7 Å². The van der Waals surface area contributed by atoms with E-state index in [1.165, 1.54) is 5.69 Å². The molecule has 5 nitrogen and oxygen atoms in total. The minimum absolute atomic E-state index is 0.153. The molecule has 2 N–H and O–H groups in total. The van der Waals surface area contributed by atoms with Gasteiger partial charge in [-0.1, -0.05) is 6.92 Å². The first kappa shape index (κ1) is 14.7. The van der Waals surface area contributed by atoms with Crippen LogP contribution in [0, 0.1) is 0 Å². The topological polar surface area (TPSA) is 53.6 Å². The van der Waals surface area contributed by atoms with E-state index in [1.807, 2.05) is 31.2 Å². The highest BCUT2D eigenvalue weighted by Crippen LogP contribution is 2.20. The summed E-state index contributed by atoms with van der Waals surface area (Å²) in [6.45, 7) is 7.38. The van der Waals surface area contributed by atoms with E-state index in [0.29, 0.717) is 6.54 Å². The van der Waals surface area contributed by atoms with Crippen LogP contribution in [-0.2, 0) is 4.74 Å². The molecule has 1 unspecified atom stereocenters. The van der Waals surface area contributed by atoms with Crippen molar-refractivity contribution in [3.05, 3.63) is 24.3 Å². The first-order valence-electron chi connectivity index (χ1n) is 7.20. The second-order valence-corrected chi connectivity index (χ2v) is 5.06. The number of ether oxygens (including phenoxy) is 1. The number of hydrogen-bond acceptors (Lipinski definition) is 3. The molecule has 1 aliphatic rings. The fourth-order valence-corrected chi connectivity index (χ4v) is 2.22. The van der Waals surface area contributed by atoms with E-state index in [0.717, 1.165) is 31.8 Å². The van der Waals surface area contributed by atoms with E-state index in [-0.39, 0.29) is 12.1 Å². The molecule has 1 aromatic rings. The Morgan fingerprint density at radius 3 is 2.80 bits per heavy atom. The lowest BCUT2D eigenvalue weighted by Gasteiger charge is -2.33. The molecule has 110 valence electrons. The lowest BCUT2D eigenvalue weighted by molar-refractivity contribution is 0.0532. The van der Waals surface area contributed by atoms with E-state index in [9.17, 15) is 4.79 Å². The molecule has 0 bridgehead atoms. The van der Waals surface area contributed by atoms with Crippen molar-refractivity contribution in [3.63, 3.8) is 0 Å². The fraction of sp³-hybridized carbons (Fsp3) is 0.533. The monoisotopic (exact) mass is 277 g/mol.